The molecule has 1 N–H and O–H groups in total. The summed E-state index contributed by atoms with van der Waals surface area (Å²) >= 11 is 0. The lowest BCUT2D eigenvalue weighted by Gasteiger charge is -2.37. The van der Waals surface area contributed by atoms with Crippen LogP contribution in [0, 0.1) is 25.7 Å². The quantitative estimate of drug-likeness (QED) is 0.337. The highest BCUT2D eigenvalue weighted by Crippen LogP contribution is 2.42. The van der Waals surface area contributed by atoms with Gasteiger partial charge in [-0.25, -0.2) is 0 Å². The second kappa shape index (κ2) is 12.0. The van der Waals surface area contributed by atoms with Crippen molar-refractivity contribution in [2.45, 2.75) is 125 Å². The summed E-state index contributed by atoms with van der Waals surface area (Å²) in [5.74, 6) is 3.07. The molecule has 2 heteroatoms. The van der Waals surface area contributed by atoms with Crippen molar-refractivity contribution in [3.63, 3.8) is 0 Å². The molecule has 1 heterocycles. The predicted molar refractivity (Wildman–Crippen MR) is 134 cm³/mol. The van der Waals surface area contributed by atoms with E-state index >= 15 is 0 Å². The Labute approximate surface area is 192 Å². The minimum Gasteiger partial charge on any atom is -0.508 e. The first-order chi connectivity index (χ1) is 14.6. The van der Waals surface area contributed by atoms with Crippen molar-refractivity contribution in [2.24, 2.45) is 11.8 Å². The maximum Gasteiger partial charge on any atom is 0.126 e. The van der Waals surface area contributed by atoms with Crippen LogP contribution in [-0.2, 0) is 6.42 Å². The number of aromatic hydroxyl groups is 1. The Morgan fingerprint density at radius 2 is 1.74 bits per heavy atom. The lowest BCUT2D eigenvalue weighted by molar-refractivity contribution is 0.0514. The van der Waals surface area contributed by atoms with Crippen molar-refractivity contribution < 1.29 is 9.84 Å². The van der Waals surface area contributed by atoms with Gasteiger partial charge in [-0.3, -0.25) is 0 Å². The fourth-order valence-electron chi connectivity index (χ4n) is 4.83. The Balaban J connectivity index is 1.69. The van der Waals surface area contributed by atoms with Crippen molar-refractivity contribution in [3.05, 3.63) is 34.4 Å². The summed E-state index contributed by atoms with van der Waals surface area (Å²) in [7, 11) is 0. The van der Waals surface area contributed by atoms with Crippen molar-refractivity contribution >= 4 is 0 Å². The van der Waals surface area contributed by atoms with E-state index in [1.54, 1.807) is 0 Å². The van der Waals surface area contributed by atoms with E-state index in [1.807, 2.05) is 13.0 Å². The van der Waals surface area contributed by atoms with E-state index in [0.29, 0.717) is 5.75 Å². The van der Waals surface area contributed by atoms with E-state index in [1.165, 1.54) is 62.5 Å². The average molecular weight is 429 g/mol. The van der Waals surface area contributed by atoms with E-state index in [-0.39, 0.29) is 5.60 Å². The van der Waals surface area contributed by atoms with E-state index < -0.39 is 0 Å². The van der Waals surface area contributed by atoms with Gasteiger partial charge in [0.25, 0.3) is 0 Å². The van der Waals surface area contributed by atoms with E-state index in [0.717, 1.165) is 48.0 Å². The van der Waals surface area contributed by atoms with Gasteiger partial charge in [0.1, 0.15) is 17.1 Å². The van der Waals surface area contributed by atoms with Crippen LogP contribution in [0.5, 0.6) is 11.5 Å². The minimum absolute atomic E-state index is 0.0699. The van der Waals surface area contributed by atoms with Crippen LogP contribution in [0.4, 0.5) is 0 Å². The predicted octanol–water partition coefficient (Wildman–Crippen LogP) is 8.84. The molecule has 0 spiro atoms. The molecular weight excluding hydrogens is 380 g/mol. The number of ether oxygens (including phenoxy) is 1. The highest BCUT2D eigenvalue weighted by atomic mass is 16.5. The Bertz CT molecular complexity index is 733. The zero-order chi connectivity index (χ0) is 23.0. The van der Waals surface area contributed by atoms with Crippen molar-refractivity contribution in [1.82, 2.24) is 0 Å². The molecule has 1 aromatic carbocycles. The van der Waals surface area contributed by atoms with Crippen LogP contribution in [0.2, 0.25) is 0 Å². The summed E-state index contributed by atoms with van der Waals surface area (Å²) in [4.78, 5) is 0. The molecule has 31 heavy (non-hydrogen) atoms. The first-order valence-electron chi connectivity index (χ1n) is 12.8. The van der Waals surface area contributed by atoms with Crippen LogP contribution in [0.1, 0.15) is 116 Å². The number of hydrogen-bond acceptors (Lipinski definition) is 2. The summed E-state index contributed by atoms with van der Waals surface area (Å²) in [6, 6.07) is 1.90. The summed E-state index contributed by atoms with van der Waals surface area (Å²) in [5.41, 5.74) is 4.68. The smallest absolute Gasteiger partial charge is 0.126 e. The van der Waals surface area contributed by atoms with Gasteiger partial charge < -0.3 is 9.84 Å². The van der Waals surface area contributed by atoms with E-state index in [2.05, 4.69) is 47.6 Å². The van der Waals surface area contributed by atoms with Crippen LogP contribution in [0.25, 0.3) is 0 Å². The normalized spacial score (nSPS) is 20.8. The molecule has 176 valence electrons. The van der Waals surface area contributed by atoms with Crippen LogP contribution in [0.3, 0.4) is 0 Å². The zero-order valence-corrected chi connectivity index (χ0v) is 21.4. The van der Waals surface area contributed by atoms with Crippen molar-refractivity contribution in [2.75, 3.05) is 0 Å². The van der Waals surface area contributed by atoms with Gasteiger partial charge in [-0.2, -0.15) is 0 Å². The monoisotopic (exact) mass is 428 g/mol. The topological polar surface area (TPSA) is 29.5 Å². The number of aryl methyl sites for hydroxylation is 1. The largest absolute Gasteiger partial charge is 0.508 e. The molecule has 0 aliphatic carbocycles. The van der Waals surface area contributed by atoms with Crippen LogP contribution in [-0.4, -0.2) is 10.7 Å². The Hall–Kier alpha value is -1.44. The lowest BCUT2D eigenvalue weighted by atomic mass is 9.85. The average Bonchev–Trinajstić information content (AvgIpc) is 2.72. The fourth-order valence-corrected chi connectivity index (χ4v) is 4.83. The van der Waals surface area contributed by atoms with Gasteiger partial charge in [0.15, 0.2) is 0 Å². The number of benzene rings is 1. The zero-order valence-electron chi connectivity index (χ0n) is 21.4. The molecule has 1 aliphatic heterocycles. The summed E-state index contributed by atoms with van der Waals surface area (Å²) in [6.07, 6.45) is 16.0. The Morgan fingerprint density at radius 1 is 1.10 bits per heavy atom. The molecule has 3 unspecified atom stereocenters. The molecule has 1 aromatic rings. The lowest BCUT2D eigenvalue weighted by Crippen LogP contribution is -2.36. The number of allylic oxidation sites excluding steroid dienone is 2. The third-order valence-electron chi connectivity index (χ3n) is 7.67. The third kappa shape index (κ3) is 7.88. The number of phenols is 1. The molecule has 2 nitrogen and oxygen atoms in total. The van der Waals surface area contributed by atoms with Gasteiger partial charge in [0.05, 0.1) is 0 Å². The maximum absolute atomic E-state index is 10.1. The molecule has 0 fully saturated rings. The second-order valence-corrected chi connectivity index (χ2v) is 10.7. The van der Waals surface area contributed by atoms with Crippen LogP contribution < -0.4 is 4.74 Å². The van der Waals surface area contributed by atoms with Gasteiger partial charge in [-0.05, 0) is 107 Å². The second-order valence-electron chi connectivity index (χ2n) is 10.7. The third-order valence-corrected chi connectivity index (χ3v) is 7.67. The number of fused-ring (bicyclic) bond motifs is 1. The van der Waals surface area contributed by atoms with E-state index in [4.69, 9.17) is 4.74 Å². The highest BCUT2D eigenvalue weighted by molar-refractivity contribution is 5.53. The van der Waals surface area contributed by atoms with E-state index in [9.17, 15) is 5.11 Å². The number of rotatable bonds is 12. The van der Waals surface area contributed by atoms with Crippen molar-refractivity contribution in [1.29, 1.82) is 0 Å². The maximum atomic E-state index is 10.1. The molecule has 0 saturated carbocycles. The first-order valence-corrected chi connectivity index (χ1v) is 12.8. The minimum atomic E-state index is -0.0699. The van der Waals surface area contributed by atoms with Gasteiger partial charge in [-0.1, -0.05) is 58.1 Å². The molecule has 0 saturated heterocycles. The van der Waals surface area contributed by atoms with Gasteiger partial charge >= 0.3 is 0 Å². The Kier molecular flexibility index (Phi) is 9.97. The molecule has 0 radical (unpaired) electrons. The SMILES string of the molecule is CCC(C)=CCCC(C)CCCC(C)CCCC1(C)CCc2cc(O)c(C)c(C)c2O1. The first kappa shape index (κ1) is 25.8. The fraction of sp³-hybridized carbons (Fsp3) is 0.724. The number of hydrogen-bond donors (Lipinski definition) is 1. The van der Waals surface area contributed by atoms with Crippen LogP contribution >= 0.6 is 0 Å². The molecule has 3 atom stereocenters. The standard InChI is InChI=1S/C29H48O2/c1-8-21(2)12-9-13-22(3)14-10-15-23(4)16-11-18-29(7)19-17-26-20-27(30)24(5)25(6)28(26)31-29/h12,20,22-23,30H,8-11,13-19H2,1-7H3. The highest BCUT2D eigenvalue weighted by Gasteiger charge is 2.33. The summed E-state index contributed by atoms with van der Waals surface area (Å²) < 4.78 is 6.53. The molecule has 0 bridgehead atoms. The molecule has 2 rings (SSSR count). The molecule has 0 amide bonds. The van der Waals surface area contributed by atoms with Gasteiger partial charge in [-0.15, -0.1) is 0 Å². The number of phenolic OH excluding ortho intramolecular Hbond substituents is 1. The van der Waals surface area contributed by atoms with Gasteiger partial charge in [0.2, 0.25) is 0 Å². The molecule has 1 aliphatic rings. The molecule has 0 aromatic heterocycles. The van der Waals surface area contributed by atoms with Gasteiger partial charge in [0, 0.05) is 0 Å². The summed E-state index contributed by atoms with van der Waals surface area (Å²) in [6.45, 7) is 15.7. The summed E-state index contributed by atoms with van der Waals surface area (Å²) in [5, 5.41) is 10.1. The van der Waals surface area contributed by atoms with Crippen LogP contribution in [0.15, 0.2) is 17.7 Å². The van der Waals surface area contributed by atoms with Crippen molar-refractivity contribution in [3.8, 4) is 11.5 Å². The molecular formula is C29H48O2. The Morgan fingerprint density at radius 3 is 2.42 bits per heavy atom.